The van der Waals surface area contributed by atoms with Crippen LogP contribution < -0.4 is 4.90 Å². The summed E-state index contributed by atoms with van der Waals surface area (Å²) in [4.78, 5) is 16.3. The highest BCUT2D eigenvalue weighted by Crippen LogP contribution is 2.23. The van der Waals surface area contributed by atoms with Crippen molar-refractivity contribution >= 4 is 11.5 Å². The summed E-state index contributed by atoms with van der Waals surface area (Å²) in [5.41, 5.74) is 2.40. The summed E-state index contributed by atoms with van der Waals surface area (Å²) in [6.45, 7) is 10.5. The predicted octanol–water partition coefficient (Wildman–Crippen LogP) is 2.35. The molecule has 0 atom stereocenters. The molecule has 104 valence electrons. The van der Waals surface area contributed by atoms with Gasteiger partial charge in [0.2, 0.25) is 0 Å². The zero-order valence-corrected chi connectivity index (χ0v) is 12.2. The molecule has 19 heavy (non-hydrogen) atoms. The van der Waals surface area contributed by atoms with Gasteiger partial charge in [-0.05, 0) is 32.4 Å². The highest BCUT2D eigenvalue weighted by molar-refractivity contribution is 5.80. The van der Waals surface area contributed by atoms with Crippen molar-refractivity contribution in [2.24, 2.45) is 0 Å². The van der Waals surface area contributed by atoms with E-state index >= 15 is 0 Å². The number of Topliss-reactive ketones (excluding diaryl/α,β-unsaturated/α-hetero) is 1. The van der Waals surface area contributed by atoms with Crippen LogP contribution in [0.2, 0.25) is 0 Å². The van der Waals surface area contributed by atoms with E-state index in [4.69, 9.17) is 0 Å². The van der Waals surface area contributed by atoms with E-state index in [9.17, 15) is 4.79 Å². The van der Waals surface area contributed by atoms with Gasteiger partial charge in [0.25, 0.3) is 0 Å². The van der Waals surface area contributed by atoms with Crippen molar-refractivity contribution in [1.29, 1.82) is 0 Å². The van der Waals surface area contributed by atoms with E-state index < -0.39 is 0 Å². The van der Waals surface area contributed by atoms with E-state index in [-0.39, 0.29) is 5.78 Å². The average Bonchev–Trinajstić information content (AvgIpc) is 2.39. The molecular weight excluding hydrogens is 236 g/mol. The summed E-state index contributed by atoms with van der Waals surface area (Å²) in [5.74, 6) is 0.230. The second-order valence-corrected chi connectivity index (χ2v) is 5.62. The first-order valence-corrected chi connectivity index (χ1v) is 7.14. The second-order valence-electron chi connectivity index (χ2n) is 5.62. The van der Waals surface area contributed by atoms with Crippen molar-refractivity contribution < 1.29 is 4.79 Å². The van der Waals surface area contributed by atoms with Crippen LogP contribution in [0.4, 0.5) is 5.69 Å². The Morgan fingerprint density at radius 1 is 1.16 bits per heavy atom. The van der Waals surface area contributed by atoms with Crippen LogP contribution in [-0.4, -0.2) is 42.9 Å². The van der Waals surface area contributed by atoms with Crippen molar-refractivity contribution in [3.63, 3.8) is 0 Å². The molecule has 0 radical (unpaired) electrons. The molecule has 1 aromatic rings. The molecule has 1 aliphatic rings. The molecule has 0 saturated carbocycles. The average molecular weight is 260 g/mol. The van der Waals surface area contributed by atoms with Gasteiger partial charge in [-0.25, -0.2) is 0 Å². The van der Waals surface area contributed by atoms with E-state index in [0.29, 0.717) is 12.5 Å². The fourth-order valence-electron chi connectivity index (χ4n) is 2.72. The van der Waals surface area contributed by atoms with E-state index in [1.54, 1.807) is 6.92 Å². The van der Waals surface area contributed by atoms with Gasteiger partial charge in [-0.3, -0.25) is 9.69 Å². The maximum atomic E-state index is 11.4. The predicted molar refractivity (Wildman–Crippen MR) is 79.7 cm³/mol. The number of anilines is 1. The Hall–Kier alpha value is -1.35. The number of benzene rings is 1. The largest absolute Gasteiger partial charge is 0.369 e. The molecule has 3 heteroatoms. The number of piperazine rings is 1. The van der Waals surface area contributed by atoms with Crippen molar-refractivity contribution in [2.45, 2.75) is 33.2 Å². The SMILES string of the molecule is CC(=O)Cc1ccccc1N1CCN(C(C)C)CC1. The minimum atomic E-state index is 0.230. The van der Waals surface area contributed by atoms with E-state index in [0.717, 1.165) is 31.7 Å². The van der Waals surface area contributed by atoms with Gasteiger partial charge in [-0.2, -0.15) is 0 Å². The fourth-order valence-corrected chi connectivity index (χ4v) is 2.72. The van der Waals surface area contributed by atoms with Crippen LogP contribution in [0.15, 0.2) is 24.3 Å². The van der Waals surface area contributed by atoms with Crippen LogP contribution >= 0.6 is 0 Å². The second kappa shape index (κ2) is 6.20. The zero-order chi connectivity index (χ0) is 13.8. The molecule has 2 rings (SSSR count). The minimum Gasteiger partial charge on any atom is -0.369 e. The Labute approximate surface area is 116 Å². The standard InChI is InChI=1S/C16H24N2O/c1-13(2)17-8-10-18(11-9-17)16-7-5-4-6-15(16)12-14(3)19/h4-7,13H,8-12H2,1-3H3. The van der Waals surface area contributed by atoms with Gasteiger partial charge in [-0.1, -0.05) is 18.2 Å². The van der Waals surface area contributed by atoms with Crippen LogP contribution in [-0.2, 0) is 11.2 Å². The summed E-state index contributed by atoms with van der Waals surface area (Å²) in [7, 11) is 0. The Morgan fingerprint density at radius 3 is 2.37 bits per heavy atom. The number of carbonyl (C=O) groups excluding carboxylic acids is 1. The Bertz CT molecular complexity index is 434. The number of hydrogen-bond donors (Lipinski definition) is 0. The van der Waals surface area contributed by atoms with Crippen molar-refractivity contribution in [3.05, 3.63) is 29.8 Å². The maximum absolute atomic E-state index is 11.4. The zero-order valence-electron chi connectivity index (χ0n) is 12.2. The van der Waals surface area contributed by atoms with E-state index in [2.05, 4.69) is 41.8 Å². The number of nitrogens with zero attached hydrogens (tertiary/aromatic N) is 2. The third-order valence-corrected chi connectivity index (χ3v) is 3.82. The van der Waals surface area contributed by atoms with Crippen molar-refractivity contribution in [1.82, 2.24) is 4.90 Å². The van der Waals surface area contributed by atoms with Crippen LogP contribution in [0.1, 0.15) is 26.3 Å². The third kappa shape index (κ3) is 3.57. The monoisotopic (exact) mass is 260 g/mol. The van der Waals surface area contributed by atoms with Crippen molar-refractivity contribution in [2.75, 3.05) is 31.1 Å². The number of carbonyl (C=O) groups is 1. The van der Waals surface area contributed by atoms with E-state index in [1.807, 2.05) is 6.07 Å². The summed E-state index contributed by atoms with van der Waals surface area (Å²) < 4.78 is 0. The lowest BCUT2D eigenvalue weighted by Gasteiger charge is -2.38. The Morgan fingerprint density at radius 2 is 1.79 bits per heavy atom. The quantitative estimate of drug-likeness (QED) is 0.830. The summed E-state index contributed by atoms with van der Waals surface area (Å²) in [6.07, 6.45) is 0.542. The van der Waals surface area contributed by atoms with Gasteiger partial charge in [0.1, 0.15) is 5.78 Å². The molecule has 1 aromatic carbocycles. The molecule has 1 aliphatic heterocycles. The molecule has 3 nitrogen and oxygen atoms in total. The van der Waals surface area contributed by atoms with Gasteiger partial charge in [0.05, 0.1) is 0 Å². The van der Waals surface area contributed by atoms with Crippen molar-refractivity contribution in [3.8, 4) is 0 Å². The first kappa shape index (κ1) is 14.1. The number of ketones is 1. The number of para-hydroxylation sites is 1. The Kier molecular flexibility index (Phi) is 4.59. The lowest BCUT2D eigenvalue weighted by Crippen LogP contribution is -2.49. The molecule has 0 bridgehead atoms. The minimum absolute atomic E-state index is 0.230. The first-order chi connectivity index (χ1) is 9.08. The summed E-state index contributed by atoms with van der Waals surface area (Å²) >= 11 is 0. The molecule has 1 heterocycles. The Balaban J connectivity index is 2.09. The molecule has 0 amide bonds. The molecule has 0 N–H and O–H groups in total. The van der Waals surface area contributed by atoms with Gasteiger partial charge in [0, 0.05) is 44.3 Å². The smallest absolute Gasteiger partial charge is 0.134 e. The molecule has 0 aliphatic carbocycles. The lowest BCUT2D eigenvalue weighted by molar-refractivity contribution is -0.116. The van der Waals surface area contributed by atoms with Gasteiger partial charge < -0.3 is 4.90 Å². The topological polar surface area (TPSA) is 23.6 Å². The van der Waals surface area contributed by atoms with Gasteiger partial charge >= 0.3 is 0 Å². The molecule has 1 fully saturated rings. The normalized spacial score (nSPS) is 16.9. The molecule has 0 aromatic heterocycles. The fraction of sp³-hybridized carbons (Fsp3) is 0.562. The van der Waals surface area contributed by atoms with Gasteiger partial charge in [-0.15, -0.1) is 0 Å². The van der Waals surface area contributed by atoms with Crippen LogP contribution in [0.25, 0.3) is 0 Å². The molecule has 0 unspecified atom stereocenters. The number of hydrogen-bond acceptors (Lipinski definition) is 3. The molecule has 1 saturated heterocycles. The highest BCUT2D eigenvalue weighted by atomic mass is 16.1. The highest BCUT2D eigenvalue weighted by Gasteiger charge is 2.20. The first-order valence-electron chi connectivity index (χ1n) is 7.14. The number of rotatable bonds is 4. The lowest BCUT2D eigenvalue weighted by atomic mass is 10.1. The molecular formula is C16H24N2O. The third-order valence-electron chi connectivity index (χ3n) is 3.82. The van der Waals surface area contributed by atoms with Crippen LogP contribution in [0.5, 0.6) is 0 Å². The van der Waals surface area contributed by atoms with E-state index in [1.165, 1.54) is 5.69 Å². The molecule has 0 spiro atoms. The van der Waals surface area contributed by atoms with Crippen LogP contribution in [0, 0.1) is 0 Å². The summed E-state index contributed by atoms with van der Waals surface area (Å²) in [5, 5.41) is 0. The maximum Gasteiger partial charge on any atom is 0.134 e. The summed E-state index contributed by atoms with van der Waals surface area (Å²) in [6, 6.07) is 8.92. The van der Waals surface area contributed by atoms with Crippen LogP contribution in [0.3, 0.4) is 0 Å². The van der Waals surface area contributed by atoms with Gasteiger partial charge in [0.15, 0.2) is 0 Å².